The van der Waals surface area contributed by atoms with Crippen molar-refractivity contribution in [3.8, 4) is 11.5 Å². The van der Waals surface area contributed by atoms with Gasteiger partial charge in [-0.3, -0.25) is 9.59 Å². The molecule has 3 rings (SSSR count). The van der Waals surface area contributed by atoms with Gasteiger partial charge in [0.05, 0.1) is 26.3 Å². The minimum atomic E-state index is -0.0418. The van der Waals surface area contributed by atoms with E-state index in [1.807, 2.05) is 48.5 Å². The second-order valence-corrected chi connectivity index (χ2v) is 9.03. The third-order valence-corrected chi connectivity index (χ3v) is 6.95. The zero-order valence-electron chi connectivity index (χ0n) is 20.8. The van der Waals surface area contributed by atoms with Crippen LogP contribution in [0.2, 0.25) is 0 Å². The van der Waals surface area contributed by atoms with Gasteiger partial charge in [-0.05, 0) is 73.9 Å². The summed E-state index contributed by atoms with van der Waals surface area (Å²) in [6, 6.07) is 15.6. The van der Waals surface area contributed by atoms with Crippen molar-refractivity contribution in [1.29, 1.82) is 0 Å². The van der Waals surface area contributed by atoms with Crippen molar-refractivity contribution < 1.29 is 19.1 Å². The lowest BCUT2D eigenvalue weighted by molar-refractivity contribution is -0.131. The van der Waals surface area contributed by atoms with E-state index in [4.69, 9.17) is 9.47 Å². The smallest absolute Gasteiger partial charge is 0.223 e. The highest BCUT2D eigenvalue weighted by Crippen LogP contribution is 2.31. The number of carbonyl (C=O) groups excluding carboxylic acids is 2. The number of hydrogen-bond acceptors (Lipinski definition) is 4. The van der Waals surface area contributed by atoms with Gasteiger partial charge in [-0.1, -0.05) is 38.1 Å². The molecule has 34 heavy (non-hydrogen) atoms. The predicted octanol–water partition coefficient (Wildman–Crippen LogP) is 5.35. The number of nitrogens with one attached hydrogen (secondary N) is 2. The summed E-state index contributed by atoms with van der Waals surface area (Å²) in [5.41, 5.74) is 2.16. The largest absolute Gasteiger partial charge is 0.497 e. The highest BCUT2D eigenvalue weighted by Gasteiger charge is 2.31. The molecule has 2 aromatic rings. The maximum Gasteiger partial charge on any atom is 0.223 e. The van der Waals surface area contributed by atoms with Gasteiger partial charge in [0, 0.05) is 11.8 Å². The van der Waals surface area contributed by atoms with E-state index in [2.05, 4.69) is 24.5 Å². The summed E-state index contributed by atoms with van der Waals surface area (Å²) in [7, 11) is 3.29. The molecule has 2 N–H and O–H groups in total. The standard InChI is InChI=1S/C28H38N2O4/c1-5-25(19-11-15-23(33-3)16-12-19)29-27(31)21-7-9-22(10-8-21)28(32)30-26(6-2)20-13-17-24(34-4)18-14-20/h11-18,21-22,25-26H,5-10H2,1-4H3,(H,29,31)(H,30,32). The highest BCUT2D eigenvalue weighted by molar-refractivity contribution is 5.81. The zero-order valence-corrected chi connectivity index (χ0v) is 20.8. The minimum Gasteiger partial charge on any atom is -0.497 e. The molecular formula is C28H38N2O4. The van der Waals surface area contributed by atoms with Gasteiger partial charge in [-0.2, -0.15) is 0 Å². The lowest BCUT2D eigenvalue weighted by Crippen LogP contribution is -2.39. The van der Waals surface area contributed by atoms with Crippen LogP contribution in [0.5, 0.6) is 11.5 Å². The van der Waals surface area contributed by atoms with Crippen LogP contribution in [0.15, 0.2) is 48.5 Å². The second-order valence-electron chi connectivity index (χ2n) is 9.03. The van der Waals surface area contributed by atoms with Gasteiger partial charge in [-0.25, -0.2) is 0 Å². The van der Waals surface area contributed by atoms with Crippen LogP contribution in [0, 0.1) is 11.8 Å². The molecule has 0 heterocycles. The summed E-state index contributed by atoms with van der Waals surface area (Å²) in [5.74, 6) is 1.70. The molecule has 1 saturated carbocycles. The van der Waals surface area contributed by atoms with E-state index in [0.29, 0.717) is 0 Å². The molecule has 184 valence electrons. The third kappa shape index (κ3) is 6.52. The molecule has 1 aliphatic rings. The zero-order chi connectivity index (χ0) is 24.5. The maximum absolute atomic E-state index is 13.0. The molecular weight excluding hydrogens is 428 g/mol. The normalized spacial score (nSPS) is 19.5. The summed E-state index contributed by atoms with van der Waals surface area (Å²) in [4.78, 5) is 25.9. The van der Waals surface area contributed by atoms with E-state index in [1.54, 1.807) is 14.2 Å². The number of amides is 2. The Labute approximate surface area is 203 Å². The van der Waals surface area contributed by atoms with Crippen LogP contribution in [0.4, 0.5) is 0 Å². The number of benzene rings is 2. The van der Waals surface area contributed by atoms with Crippen LogP contribution in [0.3, 0.4) is 0 Å². The van der Waals surface area contributed by atoms with Crippen molar-refractivity contribution in [2.45, 2.75) is 64.5 Å². The van der Waals surface area contributed by atoms with E-state index in [0.717, 1.165) is 61.2 Å². The quantitative estimate of drug-likeness (QED) is 0.495. The van der Waals surface area contributed by atoms with Crippen molar-refractivity contribution in [1.82, 2.24) is 10.6 Å². The maximum atomic E-state index is 13.0. The van der Waals surface area contributed by atoms with Gasteiger partial charge < -0.3 is 20.1 Å². The van der Waals surface area contributed by atoms with E-state index >= 15 is 0 Å². The van der Waals surface area contributed by atoms with Crippen LogP contribution in [-0.4, -0.2) is 26.0 Å². The topological polar surface area (TPSA) is 76.7 Å². The molecule has 0 saturated heterocycles. The average molecular weight is 467 g/mol. The van der Waals surface area contributed by atoms with Crippen LogP contribution in [0.25, 0.3) is 0 Å². The summed E-state index contributed by atoms with van der Waals surface area (Å²) in [6.07, 6.45) is 4.59. The SMILES string of the molecule is CCC(NC(=O)C1CCC(C(=O)NC(CC)c2ccc(OC)cc2)CC1)c1ccc(OC)cc1. The Morgan fingerprint density at radius 3 is 1.29 bits per heavy atom. The monoisotopic (exact) mass is 466 g/mol. The molecule has 0 aliphatic heterocycles. The molecule has 1 fully saturated rings. The highest BCUT2D eigenvalue weighted by atomic mass is 16.5. The molecule has 2 amide bonds. The summed E-state index contributed by atoms with van der Waals surface area (Å²) < 4.78 is 10.5. The first-order chi connectivity index (χ1) is 16.5. The van der Waals surface area contributed by atoms with Gasteiger partial charge in [0.15, 0.2) is 0 Å². The second kappa shape index (κ2) is 12.4. The van der Waals surface area contributed by atoms with Gasteiger partial charge in [0.25, 0.3) is 0 Å². The van der Waals surface area contributed by atoms with Crippen molar-refractivity contribution in [2.24, 2.45) is 11.8 Å². The van der Waals surface area contributed by atoms with Crippen molar-refractivity contribution in [3.05, 3.63) is 59.7 Å². The van der Waals surface area contributed by atoms with E-state index < -0.39 is 0 Å². The van der Waals surface area contributed by atoms with E-state index in [9.17, 15) is 9.59 Å². The Morgan fingerprint density at radius 1 is 0.706 bits per heavy atom. The molecule has 2 unspecified atom stereocenters. The fourth-order valence-electron chi connectivity index (χ4n) is 4.71. The Balaban J connectivity index is 1.50. The lowest BCUT2D eigenvalue weighted by Gasteiger charge is -2.30. The first-order valence-electron chi connectivity index (χ1n) is 12.4. The van der Waals surface area contributed by atoms with E-state index in [-0.39, 0.29) is 35.7 Å². The number of carbonyl (C=O) groups is 2. The number of ether oxygens (including phenoxy) is 2. The number of hydrogen-bond donors (Lipinski definition) is 2. The molecule has 0 radical (unpaired) electrons. The van der Waals surface area contributed by atoms with Gasteiger partial charge in [0.2, 0.25) is 11.8 Å². The molecule has 1 aliphatic carbocycles. The summed E-state index contributed by atoms with van der Waals surface area (Å²) >= 11 is 0. The van der Waals surface area contributed by atoms with Crippen LogP contribution < -0.4 is 20.1 Å². The summed E-state index contributed by atoms with van der Waals surface area (Å²) in [6.45, 7) is 4.15. The average Bonchev–Trinajstić information content (AvgIpc) is 2.90. The third-order valence-electron chi connectivity index (χ3n) is 6.95. The minimum absolute atomic E-state index is 0.0192. The van der Waals surface area contributed by atoms with Crippen LogP contribution in [-0.2, 0) is 9.59 Å². The Kier molecular flexibility index (Phi) is 9.37. The van der Waals surface area contributed by atoms with Crippen LogP contribution in [0.1, 0.15) is 75.6 Å². The van der Waals surface area contributed by atoms with Gasteiger partial charge >= 0.3 is 0 Å². The molecule has 6 heteroatoms. The van der Waals surface area contributed by atoms with E-state index in [1.165, 1.54) is 0 Å². The first-order valence-corrected chi connectivity index (χ1v) is 12.4. The van der Waals surface area contributed by atoms with Crippen molar-refractivity contribution >= 4 is 11.8 Å². The number of methoxy groups -OCH3 is 2. The van der Waals surface area contributed by atoms with Crippen molar-refractivity contribution in [3.63, 3.8) is 0 Å². The molecule has 2 aromatic carbocycles. The lowest BCUT2D eigenvalue weighted by atomic mass is 9.80. The molecule has 0 aromatic heterocycles. The molecule has 0 bridgehead atoms. The fourth-order valence-corrected chi connectivity index (χ4v) is 4.71. The summed E-state index contributed by atoms with van der Waals surface area (Å²) in [5, 5.41) is 6.43. The molecule has 2 atom stereocenters. The molecule has 0 spiro atoms. The van der Waals surface area contributed by atoms with Crippen LogP contribution >= 0.6 is 0 Å². The Bertz CT molecular complexity index is 841. The van der Waals surface area contributed by atoms with Gasteiger partial charge in [0.1, 0.15) is 11.5 Å². The first kappa shape index (κ1) is 25.6. The fraction of sp³-hybridized carbons (Fsp3) is 0.500. The Morgan fingerprint density at radius 2 is 1.03 bits per heavy atom. The van der Waals surface area contributed by atoms with Crippen molar-refractivity contribution in [2.75, 3.05) is 14.2 Å². The van der Waals surface area contributed by atoms with Gasteiger partial charge in [-0.15, -0.1) is 0 Å². The number of rotatable bonds is 10. The Hall–Kier alpha value is -3.02. The molecule has 6 nitrogen and oxygen atoms in total. The predicted molar refractivity (Wildman–Crippen MR) is 134 cm³/mol.